The average Bonchev–Trinajstić information content (AvgIpc) is 2.08. The number of phenolic OH excluding ortho intramolecular Hbond substituents is 1. The molecule has 0 aromatic heterocycles. The normalized spacial score (nSPS) is 9.50. The van der Waals surface area contributed by atoms with Gasteiger partial charge in [0.15, 0.2) is 0 Å². The van der Waals surface area contributed by atoms with Crippen molar-refractivity contribution >= 4 is 5.69 Å². The van der Waals surface area contributed by atoms with Crippen LogP contribution in [-0.4, -0.2) is 11.7 Å². The number of aromatic hydroxyl groups is 1. The van der Waals surface area contributed by atoms with Crippen LogP contribution in [0.25, 0.3) is 0 Å². The van der Waals surface area contributed by atoms with E-state index >= 15 is 0 Å². The lowest BCUT2D eigenvalue weighted by atomic mass is 10.3. The maximum atomic E-state index is 9.09. The molecule has 4 N–H and O–H groups in total. The summed E-state index contributed by atoms with van der Waals surface area (Å²) in [6, 6.07) is 4.71. The topological polar surface area (TPSA) is 67.5 Å². The zero-order chi connectivity index (χ0) is 8.97. The Morgan fingerprint density at radius 1 is 1.58 bits per heavy atom. The third-order valence-corrected chi connectivity index (χ3v) is 1.42. The number of hydrogen-bond acceptors (Lipinski definition) is 4. The van der Waals surface area contributed by atoms with E-state index in [-0.39, 0.29) is 5.75 Å². The van der Waals surface area contributed by atoms with E-state index in [0.29, 0.717) is 18.0 Å². The second-order valence-electron chi connectivity index (χ2n) is 2.26. The lowest BCUT2D eigenvalue weighted by Crippen LogP contribution is -2.08. The van der Waals surface area contributed by atoms with Crippen LogP contribution in [0.5, 0.6) is 11.5 Å². The SMILES string of the molecule is CCOc1ccc(O)cc1NN. The molecule has 0 heterocycles. The molecule has 12 heavy (non-hydrogen) atoms. The molecule has 0 spiro atoms. The summed E-state index contributed by atoms with van der Waals surface area (Å²) in [6.45, 7) is 2.45. The van der Waals surface area contributed by atoms with Gasteiger partial charge in [0.2, 0.25) is 0 Å². The van der Waals surface area contributed by atoms with Crippen LogP contribution in [0.15, 0.2) is 18.2 Å². The minimum atomic E-state index is 0.159. The van der Waals surface area contributed by atoms with Gasteiger partial charge in [0.25, 0.3) is 0 Å². The molecule has 0 unspecified atom stereocenters. The number of benzene rings is 1. The molecule has 0 aliphatic rings. The van der Waals surface area contributed by atoms with E-state index in [0.717, 1.165) is 0 Å². The molecule has 0 aliphatic carbocycles. The smallest absolute Gasteiger partial charge is 0.143 e. The lowest BCUT2D eigenvalue weighted by molar-refractivity contribution is 0.341. The summed E-state index contributed by atoms with van der Waals surface area (Å²) in [4.78, 5) is 0. The highest BCUT2D eigenvalue weighted by molar-refractivity contribution is 5.58. The highest BCUT2D eigenvalue weighted by Crippen LogP contribution is 2.27. The molecule has 1 aromatic rings. The zero-order valence-electron chi connectivity index (χ0n) is 6.87. The number of hydrogen-bond donors (Lipinski definition) is 3. The van der Waals surface area contributed by atoms with Gasteiger partial charge in [-0.05, 0) is 19.1 Å². The molecular formula is C8H12N2O2. The van der Waals surface area contributed by atoms with Crippen molar-refractivity contribution in [3.05, 3.63) is 18.2 Å². The van der Waals surface area contributed by atoms with Gasteiger partial charge in [0.1, 0.15) is 11.5 Å². The summed E-state index contributed by atoms with van der Waals surface area (Å²) in [5, 5.41) is 9.09. The van der Waals surface area contributed by atoms with Crippen molar-refractivity contribution in [2.45, 2.75) is 6.92 Å². The van der Waals surface area contributed by atoms with E-state index < -0.39 is 0 Å². The first-order valence-corrected chi connectivity index (χ1v) is 3.70. The first-order chi connectivity index (χ1) is 5.77. The monoisotopic (exact) mass is 168 g/mol. The van der Waals surface area contributed by atoms with Crippen LogP contribution in [0, 0.1) is 0 Å². The number of phenols is 1. The fraction of sp³-hybridized carbons (Fsp3) is 0.250. The number of nitrogen functional groups attached to an aromatic ring is 1. The van der Waals surface area contributed by atoms with Crippen LogP contribution in [-0.2, 0) is 0 Å². The van der Waals surface area contributed by atoms with Crippen molar-refractivity contribution in [2.24, 2.45) is 5.84 Å². The Kier molecular flexibility index (Phi) is 2.76. The molecule has 0 fully saturated rings. The second-order valence-corrected chi connectivity index (χ2v) is 2.26. The van der Waals surface area contributed by atoms with Crippen molar-refractivity contribution in [3.8, 4) is 11.5 Å². The number of hydrazine groups is 1. The van der Waals surface area contributed by atoms with Gasteiger partial charge in [0.05, 0.1) is 12.3 Å². The summed E-state index contributed by atoms with van der Waals surface area (Å²) in [7, 11) is 0. The molecule has 66 valence electrons. The molecule has 1 aromatic carbocycles. The van der Waals surface area contributed by atoms with Crippen LogP contribution < -0.4 is 16.0 Å². The van der Waals surface area contributed by atoms with E-state index in [9.17, 15) is 0 Å². The molecule has 0 amide bonds. The molecule has 0 aliphatic heterocycles. The van der Waals surface area contributed by atoms with E-state index in [1.54, 1.807) is 12.1 Å². The van der Waals surface area contributed by atoms with E-state index in [1.807, 2.05) is 6.92 Å². The third kappa shape index (κ3) is 1.79. The Hall–Kier alpha value is -1.42. The molecule has 0 atom stereocenters. The molecule has 0 radical (unpaired) electrons. The summed E-state index contributed by atoms with van der Waals surface area (Å²) in [5.41, 5.74) is 3.02. The minimum Gasteiger partial charge on any atom is -0.508 e. The molecule has 0 saturated carbocycles. The Morgan fingerprint density at radius 2 is 2.33 bits per heavy atom. The highest BCUT2D eigenvalue weighted by Gasteiger charge is 2.01. The van der Waals surface area contributed by atoms with Crippen molar-refractivity contribution in [2.75, 3.05) is 12.0 Å². The number of anilines is 1. The Balaban J connectivity index is 2.94. The molecule has 1 rings (SSSR count). The number of ether oxygens (including phenoxy) is 1. The van der Waals surface area contributed by atoms with Crippen molar-refractivity contribution in [3.63, 3.8) is 0 Å². The fourth-order valence-corrected chi connectivity index (χ4v) is 0.912. The van der Waals surface area contributed by atoms with Gasteiger partial charge < -0.3 is 15.3 Å². The Bertz CT molecular complexity index is 263. The molecule has 4 nitrogen and oxygen atoms in total. The Morgan fingerprint density at radius 3 is 2.92 bits per heavy atom. The number of rotatable bonds is 3. The van der Waals surface area contributed by atoms with Crippen LogP contribution in [0.1, 0.15) is 6.92 Å². The van der Waals surface area contributed by atoms with Gasteiger partial charge in [0, 0.05) is 6.07 Å². The van der Waals surface area contributed by atoms with Crippen LogP contribution in [0.3, 0.4) is 0 Å². The van der Waals surface area contributed by atoms with Gasteiger partial charge >= 0.3 is 0 Å². The van der Waals surface area contributed by atoms with Crippen molar-refractivity contribution < 1.29 is 9.84 Å². The second kappa shape index (κ2) is 3.82. The summed E-state index contributed by atoms with van der Waals surface area (Å²) < 4.78 is 5.23. The van der Waals surface area contributed by atoms with E-state index in [1.165, 1.54) is 6.07 Å². The zero-order valence-corrected chi connectivity index (χ0v) is 6.87. The van der Waals surface area contributed by atoms with Gasteiger partial charge in [-0.15, -0.1) is 0 Å². The summed E-state index contributed by atoms with van der Waals surface area (Å²) in [5.74, 6) is 6.00. The van der Waals surface area contributed by atoms with Gasteiger partial charge in [-0.1, -0.05) is 0 Å². The van der Waals surface area contributed by atoms with E-state index in [4.69, 9.17) is 15.7 Å². The molecule has 0 bridgehead atoms. The van der Waals surface area contributed by atoms with Crippen molar-refractivity contribution in [1.82, 2.24) is 0 Å². The molecule has 4 heteroatoms. The van der Waals surface area contributed by atoms with Crippen LogP contribution >= 0.6 is 0 Å². The predicted molar refractivity (Wildman–Crippen MR) is 47.1 cm³/mol. The predicted octanol–water partition coefficient (Wildman–Crippen LogP) is 1.08. The van der Waals surface area contributed by atoms with Gasteiger partial charge in [-0.3, -0.25) is 5.84 Å². The third-order valence-electron chi connectivity index (χ3n) is 1.42. The lowest BCUT2D eigenvalue weighted by Gasteiger charge is -2.08. The minimum absolute atomic E-state index is 0.159. The first kappa shape index (κ1) is 8.67. The maximum absolute atomic E-state index is 9.09. The average molecular weight is 168 g/mol. The van der Waals surface area contributed by atoms with Gasteiger partial charge in [-0.2, -0.15) is 0 Å². The molecular weight excluding hydrogens is 156 g/mol. The maximum Gasteiger partial charge on any atom is 0.143 e. The number of nitrogens with one attached hydrogen (secondary N) is 1. The van der Waals surface area contributed by atoms with Gasteiger partial charge in [-0.25, -0.2) is 0 Å². The van der Waals surface area contributed by atoms with E-state index in [2.05, 4.69) is 5.43 Å². The quantitative estimate of drug-likeness (QED) is 0.466. The van der Waals surface area contributed by atoms with Crippen LogP contribution in [0.2, 0.25) is 0 Å². The molecule has 0 saturated heterocycles. The summed E-state index contributed by atoms with van der Waals surface area (Å²) >= 11 is 0. The first-order valence-electron chi connectivity index (χ1n) is 3.70. The largest absolute Gasteiger partial charge is 0.508 e. The van der Waals surface area contributed by atoms with Crippen LogP contribution in [0.4, 0.5) is 5.69 Å². The van der Waals surface area contributed by atoms with Crippen molar-refractivity contribution in [1.29, 1.82) is 0 Å². The number of nitrogens with two attached hydrogens (primary N) is 1. The Labute approximate surface area is 70.9 Å². The highest BCUT2D eigenvalue weighted by atomic mass is 16.5. The standard InChI is InChI=1S/C8H12N2O2/c1-2-12-8-4-3-6(11)5-7(8)10-9/h3-5,10-11H,2,9H2,1H3. The summed E-state index contributed by atoms with van der Waals surface area (Å²) in [6.07, 6.45) is 0. The fourth-order valence-electron chi connectivity index (χ4n) is 0.912.